The Morgan fingerprint density at radius 2 is 2.06 bits per heavy atom. The van der Waals surface area contributed by atoms with E-state index in [1.165, 1.54) is 32.1 Å². The summed E-state index contributed by atoms with van der Waals surface area (Å²) in [5.41, 5.74) is 2.32. The molecular formula is C26H35N3O2. The molecule has 4 aliphatic rings. The number of carbonyl (C=O) groups excluding carboxylic acids is 2. The van der Waals surface area contributed by atoms with Crippen LogP contribution in [0.4, 0.5) is 4.79 Å². The minimum absolute atomic E-state index is 0.0492. The highest BCUT2D eigenvalue weighted by atomic mass is 16.2. The Morgan fingerprint density at radius 1 is 1.19 bits per heavy atom. The smallest absolute Gasteiger partial charge is 0.321 e. The van der Waals surface area contributed by atoms with Gasteiger partial charge in [0, 0.05) is 55.0 Å². The molecule has 0 spiro atoms. The molecule has 2 saturated carbocycles. The normalized spacial score (nSPS) is 36.8. The SMILES string of the molecule is C[C@@]12CCC[C@H]1[C@@H]1CN(C(=O)NCCc3ccccn3)C3=CC(=O)CC[C@]3(C)[C@H]1CC2. The topological polar surface area (TPSA) is 62.3 Å². The van der Waals surface area contributed by atoms with E-state index in [1.807, 2.05) is 23.1 Å². The molecule has 3 fully saturated rings. The Bertz CT molecular complexity index is 897. The van der Waals surface area contributed by atoms with E-state index in [-0.39, 0.29) is 17.2 Å². The standard InChI is InChI=1S/C26H35N3O2/c1-25-11-5-7-21(25)20-17-29(24(31)28-15-10-18-6-3-4-14-27-18)23-16-19(30)8-13-26(23,2)22(20)9-12-25/h3-4,6,14,16,20-22H,5,7-13,15,17H2,1-2H3,(H,28,31)/t20-,21-,22-,25-,26+/m0/s1. The number of piperidine rings is 1. The van der Waals surface area contributed by atoms with Crippen LogP contribution >= 0.6 is 0 Å². The van der Waals surface area contributed by atoms with Crippen molar-refractivity contribution in [3.8, 4) is 0 Å². The van der Waals surface area contributed by atoms with Crippen LogP contribution in [0.5, 0.6) is 0 Å². The summed E-state index contributed by atoms with van der Waals surface area (Å²) in [6, 6.07) is 5.81. The lowest BCUT2D eigenvalue weighted by atomic mass is 9.50. The van der Waals surface area contributed by atoms with Gasteiger partial charge in [0.25, 0.3) is 0 Å². The van der Waals surface area contributed by atoms with Gasteiger partial charge in [-0.3, -0.25) is 14.7 Å². The van der Waals surface area contributed by atoms with Crippen molar-refractivity contribution in [2.24, 2.45) is 28.6 Å². The highest BCUT2D eigenvalue weighted by Gasteiger charge is 2.58. The lowest BCUT2D eigenvalue weighted by Gasteiger charge is -2.59. The van der Waals surface area contributed by atoms with Crippen molar-refractivity contribution in [1.29, 1.82) is 0 Å². The van der Waals surface area contributed by atoms with Gasteiger partial charge in [-0.15, -0.1) is 0 Å². The van der Waals surface area contributed by atoms with Crippen LogP contribution in [0.3, 0.4) is 0 Å². The fraction of sp³-hybridized carbons (Fsp3) is 0.654. The molecule has 1 aromatic heterocycles. The molecule has 1 N–H and O–H groups in total. The van der Waals surface area contributed by atoms with Gasteiger partial charge in [0.1, 0.15) is 0 Å². The molecule has 3 aliphatic carbocycles. The van der Waals surface area contributed by atoms with E-state index >= 15 is 0 Å². The minimum atomic E-state index is -0.0704. The van der Waals surface area contributed by atoms with Crippen LogP contribution in [0.1, 0.15) is 64.5 Å². The summed E-state index contributed by atoms with van der Waals surface area (Å²) in [6.45, 7) is 6.12. The third-order valence-corrected chi connectivity index (χ3v) is 9.12. The van der Waals surface area contributed by atoms with Crippen molar-refractivity contribution in [3.05, 3.63) is 41.9 Å². The molecule has 1 aromatic rings. The third-order valence-electron chi connectivity index (χ3n) is 9.12. The number of amides is 2. The van der Waals surface area contributed by atoms with Crippen molar-refractivity contribution in [1.82, 2.24) is 15.2 Å². The fourth-order valence-electron chi connectivity index (χ4n) is 7.43. The van der Waals surface area contributed by atoms with Crippen LogP contribution in [-0.2, 0) is 11.2 Å². The maximum Gasteiger partial charge on any atom is 0.321 e. The number of aromatic nitrogens is 1. The van der Waals surface area contributed by atoms with E-state index in [9.17, 15) is 9.59 Å². The Morgan fingerprint density at radius 3 is 2.87 bits per heavy atom. The number of likely N-dealkylation sites (tertiary alicyclic amines) is 1. The second kappa shape index (κ2) is 7.75. The molecule has 5 rings (SSSR count). The number of urea groups is 1. The number of rotatable bonds is 3. The molecule has 5 nitrogen and oxygen atoms in total. The van der Waals surface area contributed by atoms with Gasteiger partial charge in [-0.1, -0.05) is 26.3 Å². The molecule has 0 unspecified atom stereocenters. The van der Waals surface area contributed by atoms with Gasteiger partial charge in [0.15, 0.2) is 5.78 Å². The zero-order valence-corrected chi connectivity index (χ0v) is 18.9. The summed E-state index contributed by atoms with van der Waals surface area (Å²) in [5.74, 6) is 1.99. The second-order valence-corrected chi connectivity index (χ2v) is 10.8. The number of nitrogens with one attached hydrogen (secondary N) is 1. The summed E-state index contributed by atoms with van der Waals surface area (Å²) in [6.07, 6.45) is 12.2. The lowest BCUT2D eigenvalue weighted by Crippen LogP contribution is -2.59. The predicted octanol–water partition coefficient (Wildman–Crippen LogP) is 4.74. The fourth-order valence-corrected chi connectivity index (χ4v) is 7.43. The summed E-state index contributed by atoms with van der Waals surface area (Å²) in [4.78, 5) is 32.1. The quantitative estimate of drug-likeness (QED) is 0.767. The van der Waals surface area contributed by atoms with Crippen LogP contribution in [0, 0.1) is 28.6 Å². The molecule has 166 valence electrons. The van der Waals surface area contributed by atoms with E-state index in [0.29, 0.717) is 42.6 Å². The lowest BCUT2D eigenvalue weighted by molar-refractivity contribution is -0.118. The van der Waals surface area contributed by atoms with Crippen LogP contribution in [0.2, 0.25) is 0 Å². The Hall–Kier alpha value is -2.17. The highest BCUT2D eigenvalue weighted by Crippen LogP contribution is 2.63. The summed E-state index contributed by atoms with van der Waals surface area (Å²) >= 11 is 0. The maximum absolute atomic E-state index is 13.4. The number of pyridine rings is 1. The minimum Gasteiger partial charge on any atom is -0.337 e. The van der Waals surface area contributed by atoms with Crippen molar-refractivity contribution < 1.29 is 9.59 Å². The first-order valence-corrected chi connectivity index (χ1v) is 12.1. The van der Waals surface area contributed by atoms with Crippen molar-refractivity contribution in [2.45, 2.75) is 65.2 Å². The van der Waals surface area contributed by atoms with E-state index in [1.54, 1.807) is 12.3 Å². The first-order chi connectivity index (χ1) is 14.9. The van der Waals surface area contributed by atoms with E-state index < -0.39 is 0 Å². The number of hydrogen-bond donors (Lipinski definition) is 1. The summed E-state index contributed by atoms with van der Waals surface area (Å²) < 4.78 is 0. The molecule has 2 heterocycles. The molecule has 1 aliphatic heterocycles. The molecule has 31 heavy (non-hydrogen) atoms. The van der Waals surface area contributed by atoms with Crippen LogP contribution < -0.4 is 5.32 Å². The van der Waals surface area contributed by atoms with E-state index in [2.05, 4.69) is 24.1 Å². The number of fused-ring (bicyclic) bond motifs is 5. The molecule has 0 bridgehead atoms. The Kier molecular flexibility index (Phi) is 5.18. The van der Waals surface area contributed by atoms with Gasteiger partial charge in [-0.05, 0) is 67.4 Å². The number of carbonyl (C=O) groups is 2. The Labute approximate surface area is 185 Å². The van der Waals surface area contributed by atoms with Crippen molar-refractivity contribution >= 4 is 11.8 Å². The summed E-state index contributed by atoms with van der Waals surface area (Å²) in [7, 11) is 0. The third kappa shape index (κ3) is 3.50. The molecule has 5 atom stereocenters. The molecule has 2 amide bonds. The Balaban J connectivity index is 1.39. The van der Waals surface area contributed by atoms with Gasteiger partial charge in [-0.2, -0.15) is 0 Å². The zero-order chi connectivity index (χ0) is 21.6. The van der Waals surface area contributed by atoms with Crippen LogP contribution in [-0.4, -0.2) is 34.8 Å². The molecular weight excluding hydrogens is 386 g/mol. The maximum atomic E-state index is 13.4. The van der Waals surface area contributed by atoms with Gasteiger partial charge < -0.3 is 5.32 Å². The van der Waals surface area contributed by atoms with Crippen molar-refractivity contribution in [3.63, 3.8) is 0 Å². The number of allylic oxidation sites excluding steroid dienone is 2. The number of hydrogen-bond acceptors (Lipinski definition) is 3. The van der Waals surface area contributed by atoms with E-state index in [4.69, 9.17) is 0 Å². The summed E-state index contributed by atoms with van der Waals surface area (Å²) in [5, 5.41) is 3.13. The van der Waals surface area contributed by atoms with Crippen molar-refractivity contribution in [2.75, 3.05) is 13.1 Å². The first kappa shape index (κ1) is 20.7. The zero-order valence-electron chi connectivity index (χ0n) is 18.9. The van der Waals surface area contributed by atoms with Gasteiger partial charge in [-0.25, -0.2) is 4.79 Å². The molecule has 1 saturated heterocycles. The first-order valence-electron chi connectivity index (χ1n) is 12.1. The van der Waals surface area contributed by atoms with E-state index in [0.717, 1.165) is 24.4 Å². The largest absolute Gasteiger partial charge is 0.337 e. The van der Waals surface area contributed by atoms with Crippen LogP contribution in [0.15, 0.2) is 36.2 Å². The van der Waals surface area contributed by atoms with Gasteiger partial charge in [0.05, 0.1) is 0 Å². The van der Waals surface area contributed by atoms with Crippen LogP contribution in [0.25, 0.3) is 0 Å². The number of ketones is 1. The number of nitrogens with zero attached hydrogens (tertiary/aromatic N) is 2. The second-order valence-electron chi connectivity index (χ2n) is 10.8. The highest BCUT2D eigenvalue weighted by molar-refractivity contribution is 5.92. The molecule has 0 radical (unpaired) electrons. The monoisotopic (exact) mass is 421 g/mol. The molecule has 0 aromatic carbocycles. The van der Waals surface area contributed by atoms with Gasteiger partial charge in [0.2, 0.25) is 0 Å². The van der Waals surface area contributed by atoms with Gasteiger partial charge >= 0.3 is 6.03 Å². The average molecular weight is 422 g/mol. The predicted molar refractivity (Wildman–Crippen MR) is 120 cm³/mol. The average Bonchev–Trinajstić information content (AvgIpc) is 3.16. The molecule has 5 heteroatoms.